The van der Waals surface area contributed by atoms with Gasteiger partial charge in [0.05, 0.1) is 0 Å². The number of aliphatic imine (C=N–C) groups is 2. The van der Waals surface area contributed by atoms with Gasteiger partial charge in [-0.25, -0.2) is 10.4 Å². The highest BCUT2D eigenvalue weighted by Crippen LogP contribution is 2.07. The summed E-state index contributed by atoms with van der Waals surface area (Å²) in [6, 6.07) is -0.345. The van der Waals surface area contributed by atoms with Gasteiger partial charge in [0.2, 0.25) is 5.78 Å². The topological polar surface area (TPSA) is 57.1 Å². The first-order valence-corrected chi connectivity index (χ1v) is 5.37. The van der Waals surface area contributed by atoms with Gasteiger partial charge in [0.1, 0.15) is 6.04 Å². The molecular formula is C10H15N4O. The molecule has 1 fully saturated rings. The smallest absolute Gasteiger partial charge is 0.223 e. The molecule has 0 aliphatic carbocycles. The molecule has 0 saturated carbocycles. The van der Waals surface area contributed by atoms with Crippen molar-refractivity contribution in [2.45, 2.75) is 32.2 Å². The van der Waals surface area contributed by atoms with Crippen molar-refractivity contribution >= 4 is 18.0 Å². The molecule has 81 valence electrons. The Labute approximate surface area is 89.2 Å². The molecule has 5 nitrogen and oxygen atoms in total. The van der Waals surface area contributed by atoms with Crippen LogP contribution < -0.4 is 5.43 Å². The average Bonchev–Trinajstić information content (AvgIpc) is 2.50. The van der Waals surface area contributed by atoms with Crippen LogP contribution in [-0.2, 0) is 4.79 Å². The second-order valence-corrected chi connectivity index (χ2v) is 3.83. The van der Waals surface area contributed by atoms with E-state index in [-0.39, 0.29) is 11.8 Å². The van der Waals surface area contributed by atoms with Crippen molar-refractivity contribution in [3.8, 4) is 0 Å². The van der Waals surface area contributed by atoms with Crippen LogP contribution in [0.4, 0.5) is 0 Å². The minimum atomic E-state index is -0.345. The number of carbonyl (C=O) groups is 1. The molecule has 1 atom stereocenters. The molecule has 0 aromatic rings. The highest BCUT2D eigenvalue weighted by Gasteiger charge is 2.26. The molecule has 0 aromatic carbocycles. The standard InChI is InChI=1S/C10H15N4O/c1-8-9(15)10(12-7-11-8)14-6-4-2-3-5-13-14/h8,13H,2-6H2,1H3. The molecule has 2 rings (SSSR count). The van der Waals surface area contributed by atoms with Crippen LogP contribution in [0, 0.1) is 0 Å². The Balaban J connectivity index is 2.11. The third kappa shape index (κ3) is 2.23. The van der Waals surface area contributed by atoms with Gasteiger partial charge in [0, 0.05) is 13.1 Å². The zero-order valence-electron chi connectivity index (χ0n) is 8.86. The van der Waals surface area contributed by atoms with E-state index in [1.807, 2.05) is 5.01 Å². The summed E-state index contributed by atoms with van der Waals surface area (Å²) in [4.78, 5) is 19.6. The highest BCUT2D eigenvalue weighted by molar-refractivity contribution is 6.42. The van der Waals surface area contributed by atoms with Crippen LogP contribution in [0.1, 0.15) is 26.2 Å². The van der Waals surface area contributed by atoms with Crippen molar-refractivity contribution in [1.29, 1.82) is 0 Å². The quantitative estimate of drug-likeness (QED) is 0.619. The average molecular weight is 207 g/mol. The lowest BCUT2D eigenvalue weighted by Crippen LogP contribution is -2.49. The number of rotatable bonds is 0. The van der Waals surface area contributed by atoms with Gasteiger partial charge in [-0.2, -0.15) is 0 Å². The molecule has 15 heavy (non-hydrogen) atoms. The van der Waals surface area contributed by atoms with E-state index >= 15 is 0 Å². The number of ketones is 1. The predicted molar refractivity (Wildman–Crippen MR) is 57.9 cm³/mol. The number of nitrogens with zero attached hydrogens (tertiary/aromatic N) is 3. The summed E-state index contributed by atoms with van der Waals surface area (Å²) < 4.78 is 0. The lowest BCUT2D eigenvalue weighted by molar-refractivity contribution is -0.114. The van der Waals surface area contributed by atoms with Crippen LogP contribution in [0.25, 0.3) is 0 Å². The van der Waals surface area contributed by atoms with E-state index in [0.717, 1.165) is 25.9 Å². The summed E-state index contributed by atoms with van der Waals surface area (Å²) >= 11 is 0. The summed E-state index contributed by atoms with van der Waals surface area (Å²) in [7, 11) is 0. The van der Waals surface area contributed by atoms with Crippen LogP contribution in [-0.4, -0.2) is 42.1 Å². The summed E-state index contributed by atoms with van der Waals surface area (Å²) in [5.74, 6) is 0.433. The normalized spacial score (nSPS) is 27.5. The van der Waals surface area contributed by atoms with Crippen LogP contribution >= 0.6 is 0 Å². The van der Waals surface area contributed by atoms with Crippen LogP contribution in [0.5, 0.6) is 0 Å². The lowest BCUT2D eigenvalue weighted by atomic mass is 10.2. The SMILES string of the molecule is CC1N=[C]N=C(N2CCCCCN2)C1=O. The molecule has 2 aliphatic rings. The lowest BCUT2D eigenvalue weighted by Gasteiger charge is -2.25. The van der Waals surface area contributed by atoms with Crippen molar-refractivity contribution in [3.63, 3.8) is 0 Å². The summed E-state index contributed by atoms with van der Waals surface area (Å²) in [6.07, 6.45) is 5.97. The molecule has 2 aliphatic heterocycles. The first kappa shape index (κ1) is 10.3. The van der Waals surface area contributed by atoms with Crippen LogP contribution in [0.3, 0.4) is 0 Å². The number of hydrogen-bond donors (Lipinski definition) is 1. The summed E-state index contributed by atoms with van der Waals surface area (Å²) in [5, 5.41) is 1.84. The Morgan fingerprint density at radius 3 is 3.20 bits per heavy atom. The second-order valence-electron chi connectivity index (χ2n) is 3.83. The molecule has 5 heteroatoms. The van der Waals surface area contributed by atoms with E-state index in [4.69, 9.17) is 0 Å². The van der Waals surface area contributed by atoms with Gasteiger partial charge < -0.3 is 0 Å². The summed E-state index contributed by atoms with van der Waals surface area (Å²) in [6.45, 7) is 3.50. The molecule has 1 saturated heterocycles. The largest absolute Gasteiger partial charge is 0.289 e. The van der Waals surface area contributed by atoms with Crippen LogP contribution in [0.15, 0.2) is 9.98 Å². The number of carbonyl (C=O) groups excluding carboxylic acids is 1. The Hall–Kier alpha value is -1.23. The monoisotopic (exact) mass is 207 g/mol. The Morgan fingerprint density at radius 1 is 1.47 bits per heavy atom. The maximum Gasteiger partial charge on any atom is 0.223 e. The maximum absolute atomic E-state index is 11.8. The van der Waals surface area contributed by atoms with Gasteiger partial charge in [-0.3, -0.25) is 14.8 Å². The van der Waals surface area contributed by atoms with Crippen molar-refractivity contribution in [2.24, 2.45) is 9.98 Å². The van der Waals surface area contributed by atoms with Gasteiger partial charge in [-0.15, -0.1) is 0 Å². The van der Waals surface area contributed by atoms with E-state index in [2.05, 4.69) is 21.7 Å². The molecule has 1 N–H and O–H groups in total. The number of Topliss-reactive ketones (excluding diaryl/α,β-unsaturated/α-hetero) is 1. The molecule has 0 amide bonds. The number of hydrogen-bond acceptors (Lipinski definition) is 5. The molecule has 0 bridgehead atoms. The minimum absolute atomic E-state index is 0.0249. The first-order chi connectivity index (χ1) is 7.29. The van der Waals surface area contributed by atoms with Gasteiger partial charge in [-0.1, -0.05) is 6.42 Å². The third-order valence-electron chi connectivity index (χ3n) is 2.62. The van der Waals surface area contributed by atoms with Crippen LogP contribution in [0.2, 0.25) is 0 Å². The van der Waals surface area contributed by atoms with Crippen molar-refractivity contribution < 1.29 is 4.79 Å². The third-order valence-corrected chi connectivity index (χ3v) is 2.62. The number of amidine groups is 1. The van der Waals surface area contributed by atoms with Crippen molar-refractivity contribution in [2.75, 3.05) is 13.1 Å². The first-order valence-electron chi connectivity index (χ1n) is 5.37. The zero-order chi connectivity index (χ0) is 10.7. The Morgan fingerprint density at radius 2 is 2.33 bits per heavy atom. The molecule has 1 radical (unpaired) electrons. The Bertz CT molecular complexity index is 303. The predicted octanol–water partition coefficient (Wildman–Crippen LogP) is 0.252. The van der Waals surface area contributed by atoms with Crippen molar-refractivity contribution in [3.05, 3.63) is 0 Å². The van der Waals surface area contributed by atoms with E-state index in [9.17, 15) is 4.79 Å². The van der Waals surface area contributed by atoms with Gasteiger partial charge >= 0.3 is 0 Å². The van der Waals surface area contributed by atoms with E-state index in [0.29, 0.717) is 5.84 Å². The fourth-order valence-electron chi connectivity index (χ4n) is 1.70. The maximum atomic E-state index is 11.8. The molecule has 2 heterocycles. The molecule has 1 unspecified atom stereocenters. The highest BCUT2D eigenvalue weighted by atomic mass is 16.1. The number of nitrogens with one attached hydrogen (secondary N) is 1. The Kier molecular flexibility index (Phi) is 3.11. The van der Waals surface area contributed by atoms with Crippen molar-refractivity contribution in [1.82, 2.24) is 10.4 Å². The second kappa shape index (κ2) is 4.53. The zero-order valence-corrected chi connectivity index (χ0v) is 8.86. The minimum Gasteiger partial charge on any atom is -0.289 e. The fraction of sp³-hybridized carbons (Fsp3) is 0.700. The van der Waals surface area contributed by atoms with E-state index < -0.39 is 0 Å². The summed E-state index contributed by atoms with van der Waals surface area (Å²) in [5.41, 5.74) is 3.20. The fourth-order valence-corrected chi connectivity index (χ4v) is 1.70. The number of hydrazine groups is 1. The molecule has 0 aromatic heterocycles. The van der Waals surface area contributed by atoms with E-state index in [1.54, 1.807) is 6.92 Å². The van der Waals surface area contributed by atoms with Gasteiger partial charge in [0.15, 0.2) is 12.2 Å². The van der Waals surface area contributed by atoms with E-state index in [1.165, 1.54) is 6.42 Å². The molecular weight excluding hydrogens is 192 g/mol. The molecule has 0 spiro atoms. The van der Waals surface area contributed by atoms with Gasteiger partial charge in [-0.05, 0) is 19.8 Å². The van der Waals surface area contributed by atoms with Gasteiger partial charge in [0.25, 0.3) is 0 Å².